The zero-order valence-electron chi connectivity index (χ0n) is 15.0. The van der Waals surface area contributed by atoms with Crippen LogP contribution in [0.25, 0.3) is 11.5 Å². The van der Waals surface area contributed by atoms with E-state index >= 15 is 0 Å². The van der Waals surface area contributed by atoms with E-state index in [1.165, 1.54) is 23.9 Å². The van der Waals surface area contributed by atoms with Gasteiger partial charge in [0.05, 0.1) is 13.2 Å². The largest absolute Gasteiger partial charge is 0.411 e. The van der Waals surface area contributed by atoms with Gasteiger partial charge in [0.15, 0.2) is 0 Å². The Hall–Kier alpha value is -2.71. The molecule has 1 atom stereocenters. The molecule has 1 aromatic heterocycles. The van der Waals surface area contributed by atoms with Crippen LogP contribution in [0.5, 0.6) is 0 Å². The topological polar surface area (TPSA) is 68.5 Å². The number of nitrogens with zero attached hydrogens (tertiary/aromatic N) is 3. The van der Waals surface area contributed by atoms with Crippen LogP contribution in [0, 0.1) is 5.82 Å². The lowest BCUT2D eigenvalue weighted by atomic mass is 10.1. The number of aromatic nitrogens is 2. The Balaban J connectivity index is 1.57. The Morgan fingerprint density at radius 1 is 1.04 bits per heavy atom. The third kappa shape index (κ3) is 4.23. The van der Waals surface area contributed by atoms with Crippen molar-refractivity contribution in [3.63, 3.8) is 0 Å². The SMILES string of the molecule is O=C([C@@H](Sc1nnc(-c2ccc(F)cc2)o1)c1ccccc1)N1CCOCC1. The Morgan fingerprint density at radius 3 is 2.46 bits per heavy atom. The molecule has 1 fully saturated rings. The highest BCUT2D eigenvalue weighted by molar-refractivity contribution is 8.00. The Morgan fingerprint density at radius 2 is 1.75 bits per heavy atom. The molecule has 0 unspecified atom stereocenters. The van der Waals surface area contributed by atoms with E-state index in [0.717, 1.165) is 5.56 Å². The third-order valence-electron chi connectivity index (χ3n) is 4.37. The van der Waals surface area contributed by atoms with Crippen molar-refractivity contribution in [3.05, 3.63) is 66.0 Å². The summed E-state index contributed by atoms with van der Waals surface area (Å²) in [6.07, 6.45) is 0. The molecule has 8 heteroatoms. The molecule has 1 saturated heterocycles. The summed E-state index contributed by atoms with van der Waals surface area (Å²) in [7, 11) is 0. The van der Waals surface area contributed by atoms with Crippen molar-refractivity contribution >= 4 is 17.7 Å². The number of ether oxygens (including phenoxy) is 1. The van der Waals surface area contributed by atoms with E-state index in [9.17, 15) is 9.18 Å². The van der Waals surface area contributed by atoms with Gasteiger partial charge in [-0.25, -0.2) is 4.39 Å². The van der Waals surface area contributed by atoms with Crippen molar-refractivity contribution in [1.29, 1.82) is 0 Å². The van der Waals surface area contributed by atoms with Crippen LogP contribution in [-0.2, 0) is 9.53 Å². The fraction of sp³-hybridized carbons (Fsp3) is 0.250. The number of halogens is 1. The minimum absolute atomic E-state index is 0.0129. The summed E-state index contributed by atoms with van der Waals surface area (Å²) in [5.41, 5.74) is 1.49. The fourth-order valence-electron chi connectivity index (χ4n) is 2.91. The van der Waals surface area contributed by atoms with Crippen molar-refractivity contribution in [1.82, 2.24) is 15.1 Å². The Bertz CT molecular complexity index is 927. The lowest BCUT2D eigenvalue weighted by molar-refractivity contribution is -0.134. The molecule has 2 aromatic carbocycles. The molecule has 0 spiro atoms. The molecule has 144 valence electrons. The van der Waals surface area contributed by atoms with E-state index in [4.69, 9.17) is 9.15 Å². The van der Waals surface area contributed by atoms with E-state index in [0.29, 0.717) is 31.9 Å². The minimum Gasteiger partial charge on any atom is -0.411 e. The molecule has 0 aliphatic carbocycles. The number of hydrogen-bond acceptors (Lipinski definition) is 6. The van der Waals surface area contributed by atoms with E-state index in [1.807, 2.05) is 30.3 Å². The maximum Gasteiger partial charge on any atom is 0.277 e. The number of rotatable bonds is 5. The van der Waals surface area contributed by atoms with Gasteiger partial charge in [0.2, 0.25) is 11.8 Å². The smallest absolute Gasteiger partial charge is 0.277 e. The lowest BCUT2D eigenvalue weighted by Crippen LogP contribution is -2.42. The van der Waals surface area contributed by atoms with Crippen LogP contribution < -0.4 is 0 Å². The van der Waals surface area contributed by atoms with Crippen molar-refractivity contribution in [2.24, 2.45) is 0 Å². The number of amides is 1. The number of carbonyl (C=O) groups is 1. The number of morpholine rings is 1. The van der Waals surface area contributed by atoms with Gasteiger partial charge in [-0.3, -0.25) is 4.79 Å². The molecule has 0 N–H and O–H groups in total. The van der Waals surface area contributed by atoms with Crippen LogP contribution in [0.1, 0.15) is 10.8 Å². The number of benzene rings is 2. The van der Waals surface area contributed by atoms with Gasteiger partial charge >= 0.3 is 0 Å². The van der Waals surface area contributed by atoms with Gasteiger partial charge < -0.3 is 14.1 Å². The maximum atomic E-state index is 13.1. The molecule has 28 heavy (non-hydrogen) atoms. The maximum absolute atomic E-state index is 13.1. The van der Waals surface area contributed by atoms with Gasteiger partial charge in [-0.2, -0.15) is 0 Å². The summed E-state index contributed by atoms with van der Waals surface area (Å²) in [5.74, 6) is -0.0627. The number of carbonyl (C=O) groups excluding carboxylic acids is 1. The number of hydrogen-bond donors (Lipinski definition) is 0. The molecule has 4 rings (SSSR count). The summed E-state index contributed by atoms with van der Waals surface area (Å²) >= 11 is 1.22. The van der Waals surface area contributed by atoms with Gasteiger partial charge in [0, 0.05) is 18.7 Å². The highest BCUT2D eigenvalue weighted by Gasteiger charge is 2.30. The predicted molar refractivity (Wildman–Crippen MR) is 102 cm³/mol. The summed E-state index contributed by atoms with van der Waals surface area (Å²) < 4.78 is 24.2. The monoisotopic (exact) mass is 399 g/mol. The molecule has 2 heterocycles. The van der Waals surface area contributed by atoms with Crippen LogP contribution in [-0.4, -0.2) is 47.3 Å². The summed E-state index contributed by atoms with van der Waals surface area (Å²) in [5, 5.41) is 7.88. The van der Waals surface area contributed by atoms with Gasteiger partial charge in [0.1, 0.15) is 11.1 Å². The van der Waals surface area contributed by atoms with Crippen LogP contribution in [0.3, 0.4) is 0 Å². The summed E-state index contributed by atoms with van der Waals surface area (Å²) in [4.78, 5) is 14.9. The molecule has 0 bridgehead atoms. The van der Waals surface area contributed by atoms with Gasteiger partial charge in [0.25, 0.3) is 5.22 Å². The molecule has 1 amide bonds. The standard InChI is InChI=1S/C20H18FN3O3S/c21-16-8-6-15(7-9-16)18-22-23-20(27-18)28-17(14-4-2-1-3-5-14)19(25)24-10-12-26-13-11-24/h1-9,17H,10-13H2/t17-/m0/s1. The second-order valence-corrected chi connectivity index (χ2v) is 7.28. The highest BCUT2D eigenvalue weighted by atomic mass is 32.2. The zero-order valence-corrected chi connectivity index (χ0v) is 15.8. The molecule has 3 aromatic rings. The second-order valence-electron chi connectivity index (χ2n) is 6.23. The van der Waals surface area contributed by atoms with Crippen LogP contribution in [0.4, 0.5) is 4.39 Å². The Kier molecular flexibility index (Phi) is 5.68. The van der Waals surface area contributed by atoms with Gasteiger partial charge in [-0.15, -0.1) is 10.2 Å². The first-order valence-electron chi connectivity index (χ1n) is 8.88. The quantitative estimate of drug-likeness (QED) is 0.611. The third-order valence-corrected chi connectivity index (χ3v) is 5.44. The molecular weight excluding hydrogens is 381 g/mol. The van der Waals surface area contributed by atoms with Crippen molar-refractivity contribution in [2.75, 3.05) is 26.3 Å². The lowest BCUT2D eigenvalue weighted by Gasteiger charge is -2.29. The van der Waals surface area contributed by atoms with Gasteiger partial charge in [-0.1, -0.05) is 30.3 Å². The van der Waals surface area contributed by atoms with E-state index in [1.54, 1.807) is 17.0 Å². The van der Waals surface area contributed by atoms with Crippen molar-refractivity contribution in [3.8, 4) is 11.5 Å². The molecular formula is C20H18FN3O3S. The first-order chi connectivity index (χ1) is 13.7. The first-order valence-corrected chi connectivity index (χ1v) is 9.76. The fourth-order valence-corrected chi connectivity index (χ4v) is 3.87. The predicted octanol–water partition coefficient (Wildman–Crippen LogP) is 3.57. The van der Waals surface area contributed by atoms with E-state index < -0.39 is 5.25 Å². The average Bonchev–Trinajstić information content (AvgIpc) is 3.22. The average molecular weight is 399 g/mol. The Labute approximate surface area is 165 Å². The highest BCUT2D eigenvalue weighted by Crippen LogP contribution is 2.37. The van der Waals surface area contributed by atoms with Crippen molar-refractivity contribution in [2.45, 2.75) is 10.5 Å². The zero-order chi connectivity index (χ0) is 19.3. The molecule has 6 nitrogen and oxygen atoms in total. The summed E-state index contributed by atoms with van der Waals surface area (Å²) in [6.45, 7) is 2.20. The van der Waals surface area contributed by atoms with Gasteiger partial charge in [-0.05, 0) is 41.6 Å². The minimum atomic E-state index is -0.499. The van der Waals surface area contributed by atoms with Crippen molar-refractivity contribution < 1.29 is 18.3 Å². The normalized spacial score (nSPS) is 15.4. The first kappa shape index (κ1) is 18.6. The van der Waals surface area contributed by atoms with Crippen LogP contribution in [0.2, 0.25) is 0 Å². The second kappa shape index (κ2) is 8.53. The van der Waals surface area contributed by atoms with E-state index in [2.05, 4.69) is 10.2 Å². The molecule has 1 aliphatic rings. The molecule has 0 radical (unpaired) electrons. The molecule has 0 saturated carbocycles. The van der Waals surface area contributed by atoms with Crippen LogP contribution in [0.15, 0.2) is 64.2 Å². The number of thioether (sulfide) groups is 1. The van der Waals surface area contributed by atoms with Crippen LogP contribution >= 0.6 is 11.8 Å². The van der Waals surface area contributed by atoms with E-state index in [-0.39, 0.29) is 22.8 Å². The molecule has 1 aliphatic heterocycles. The summed E-state index contributed by atoms with van der Waals surface area (Å²) in [6, 6.07) is 15.3.